The maximum Gasteiger partial charge on any atom is 0.128 e. The lowest BCUT2D eigenvalue weighted by Gasteiger charge is -2.22. The van der Waals surface area contributed by atoms with Crippen molar-refractivity contribution in [3.8, 4) is 5.75 Å². The van der Waals surface area contributed by atoms with Gasteiger partial charge in [0, 0.05) is 11.8 Å². The second-order valence-corrected chi connectivity index (χ2v) is 5.06. The molecule has 2 rings (SSSR count). The quantitative estimate of drug-likeness (QED) is 0.820. The van der Waals surface area contributed by atoms with Crippen LogP contribution in [0.25, 0.3) is 0 Å². The highest BCUT2D eigenvalue weighted by Crippen LogP contribution is 2.23. The summed E-state index contributed by atoms with van der Waals surface area (Å²) in [6, 6.07) is 11.8. The van der Waals surface area contributed by atoms with Crippen molar-refractivity contribution in [2.24, 2.45) is 0 Å². The van der Waals surface area contributed by atoms with Gasteiger partial charge in [0.1, 0.15) is 18.2 Å². The number of anilines is 1. The van der Waals surface area contributed by atoms with Crippen LogP contribution in [0.15, 0.2) is 42.6 Å². The zero-order chi connectivity index (χ0) is 15.1. The summed E-state index contributed by atoms with van der Waals surface area (Å²) >= 11 is 0. The molecule has 0 amide bonds. The third-order valence-corrected chi connectivity index (χ3v) is 3.39. The van der Waals surface area contributed by atoms with Crippen LogP contribution in [-0.2, 0) is 0 Å². The molecule has 0 bridgehead atoms. The minimum atomic E-state index is 0.0406. The molecule has 0 saturated heterocycles. The van der Waals surface area contributed by atoms with E-state index in [1.165, 1.54) is 0 Å². The summed E-state index contributed by atoms with van der Waals surface area (Å²) in [5.74, 6) is 1.43. The molecular weight excluding hydrogens is 262 g/mol. The average molecular weight is 285 g/mol. The highest BCUT2D eigenvalue weighted by molar-refractivity contribution is 5.46. The Kier molecular flexibility index (Phi) is 5.58. The van der Waals surface area contributed by atoms with Crippen molar-refractivity contribution in [1.82, 2.24) is 10.3 Å². The van der Waals surface area contributed by atoms with Crippen molar-refractivity contribution >= 4 is 5.82 Å². The van der Waals surface area contributed by atoms with E-state index in [4.69, 9.17) is 10.5 Å². The van der Waals surface area contributed by atoms with E-state index in [0.29, 0.717) is 12.4 Å². The summed E-state index contributed by atoms with van der Waals surface area (Å²) in [6.45, 7) is 5.63. The van der Waals surface area contributed by atoms with Crippen LogP contribution in [0.2, 0.25) is 0 Å². The molecule has 4 heteroatoms. The van der Waals surface area contributed by atoms with Gasteiger partial charge < -0.3 is 15.8 Å². The van der Waals surface area contributed by atoms with E-state index in [1.807, 2.05) is 36.4 Å². The summed E-state index contributed by atoms with van der Waals surface area (Å²) in [4.78, 5) is 4.21. The van der Waals surface area contributed by atoms with Gasteiger partial charge in [-0.05, 0) is 43.7 Å². The van der Waals surface area contributed by atoms with Gasteiger partial charge in [-0.15, -0.1) is 0 Å². The van der Waals surface area contributed by atoms with Crippen LogP contribution in [-0.4, -0.2) is 18.1 Å². The number of hydrogen-bond acceptors (Lipinski definition) is 4. The number of nitrogens with zero attached hydrogens (tertiary/aromatic N) is 1. The summed E-state index contributed by atoms with van der Waals surface area (Å²) in [6.07, 6.45) is 2.80. The minimum Gasteiger partial charge on any atom is -0.492 e. The van der Waals surface area contributed by atoms with Crippen molar-refractivity contribution in [3.05, 3.63) is 53.7 Å². The van der Waals surface area contributed by atoms with Crippen LogP contribution in [0, 0.1) is 6.92 Å². The number of ether oxygens (including phenoxy) is 1. The first-order chi connectivity index (χ1) is 10.2. The van der Waals surface area contributed by atoms with Gasteiger partial charge >= 0.3 is 0 Å². The fourth-order valence-electron chi connectivity index (χ4n) is 2.30. The first-order valence-corrected chi connectivity index (χ1v) is 7.34. The monoisotopic (exact) mass is 285 g/mol. The first kappa shape index (κ1) is 15.3. The van der Waals surface area contributed by atoms with Crippen molar-refractivity contribution in [1.29, 1.82) is 0 Å². The second-order valence-electron chi connectivity index (χ2n) is 5.06. The van der Waals surface area contributed by atoms with Crippen LogP contribution in [0.1, 0.15) is 30.5 Å². The van der Waals surface area contributed by atoms with Gasteiger partial charge in [0.15, 0.2) is 0 Å². The van der Waals surface area contributed by atoms with Crippen LogP contribution in [0.5, 0.6) is 5.75 Å². The molecule has 1 aromatic carbocycles. The summed E-state index contributed by atoms with van der Waals surface area (Å²) in [5, 5.41) is 3.49. The molecule has 0 aliphatic heterocycles. The van der Waals surface area contributed by atoms with Crippen molar-refractivity contribution in [2.45, 2.75) is 26.3 Å². The van der Waals surface area contributed by atoms with Gasteiger partial charge in [-0.25, -0.2) is 4.98 Å². The van der Waals surface area contributed by atoms with Gasteiger partial charge in [-0.1, -0.05) is 25.1 Å². The molecule has 0 aliphatic carbocycles. The van der Waals surface area contributed by atoms with Gasteiger partial charge in [0.05, 0.1) is 6.04 Å². The molecule has 1 unspecified atom stereocenters. The van der Waals surface area contributed by atoms with Crippen LogP contribution < -0.4 is 15.8 Å². The lowest BCUT2D eigenvalue weighted by molar-refractivity contribution is 0.266. The smallest absolute Gasteiger partial charge is 0.128 e. The fraction of sp³-hybridized carbons (Fsp3) is 0.353. The average Bonchev–Trinajstić information content (AvgIpc) is 2.50. The molecule has 1 atom stereocenters. The van der Waals surface area contributed by atoms with Gasteiger partial charge in [0.2, 0.25) is 0 Å². The number of para-hydroxylation sites is 1. The Bertz CT molecular complexity index is 537. The van der Waals surface area contributed by atoms with Crippen LogP contribution in [0.3, 0.4) is 0 Å². The molecule has 112 valence electrons. The lowest BCUT2D eigenvalue weighted by Crippen LogP contribution is -2.29. The van der Waals surface area contributed by atoms with Crippen LogP contribution in [0.4, 0.5) is 5.82 Å². The zero-order valence-corrected chi connectivity index (χ0v) is 12.7. The van der Waals surface area contributed by atoms with E-state index in [-0.39, 0.29) is 6.04 Å². The molecule has 21 heavy (non-hydrogen) atoms. The lowest BCUT2D eigenvalue weighted by atomic mass is 10.0. The number of benzene rings is 1. The molecule has 4 nitrogen and oxygen atoms in total. The predicted octanol–water partition coefficient (Wildman–Crippen LogP) is 3.09. The van der Waals surface area contributed by atoms with E-state index >= 15 is 0 Å². The Morgan fingerprint density at radius 3 is 2.67 bits per heavy atom. The van der Waals surface area contributed by atoms with Crippen molar-refractivity contribution in [3.63, 3.8) is 0 Å². The number of pyridine rings is 1. The van der Waals surface area contributed by atoms with Crippen LogP contribution >= 0.6 is 0 Å². The topological polar surface area (TPSA) is 60.2 Å². The Morgan fingerprint density at radius 1 is 1.24 bits per heavy atom. The standard InChI is InChI=1S/C17H23N3O/c1-3-10-19-15(12-21-14-7-5-4-6-8-14)16-13(2)9-11-20-17(16)18/h4-9,11,15,19H,3,10,12H2,1-2H3,(H2,18,20). The molecule has 0 fully saturated rings. The van der Waals surface area contributed by atoms with Crippen molar-refractivity contribution in [2.75, 3.05) is 18.9 Å². The van der Waals surface area contributed by atoms with E-state index < -0.39 is 0 Å². The number of rotatable bonds is 7. The second kappa shape index (κ2) is 7.64. The fourth-order valence-corrected chi connectivity index (χ4v) is 2.30. The molecule has 0 spiro atoms. The van der Waals surface area contributed by atoms with Crippen molar-refractivity contribution < 1.29 is 4.74 Å². The number of aryl methyl sites for hydroxylation is 1. The number of nitrogens with one attached hydrogen (secondary N) is 1. The Balaban J connectivity index is 2.14. The third kappa shape index (κ3) is 4.20. The summed E-state index contributed by atoms with van der Waals surface area (Å²) < 4.78 is 5.88. The minimum absolute atomic E-state index is 0.0406. The largest absolute Gasteiger partial charge is 0.492 e. The molecule has 1 aromatic heterocycles. The molecule has 2 aromatic rings. The maximum atomic E-state index is 6.06. The third-order valence-electron chi connectivity index (χ3n) is 3.39. The summed E-state index contributed by atoms with van der Waals surface area (Å²) in [5.41, 5.74) is 8.22. The maximum absolute atomic E-state index is 6.06. The Morgan fingerprint density at radius 2 is 2.00 bits per heavy atom. The zero-order valence-electron chi connectivity index (χ0n) is 12.7. The highest BCUT2D eigenvalue weighted by Gasteiger charge is 2.17. The molecule has 0 saturated carbocycles. The van der Waals surface area contributed by atoms with E-state index in [2.05, 4.69) is 24.1 Å². The van der Waals surface area contributed by atoms with Gasteiger partial charge in [-0.2, -0.15) is 0 Å². The number of aromatic nitrogens is 1. The Hall–Kier alpha value is -2.07. The first-order valence-electron chi connectivity index (χ1n) is 7.34. The molecule has 3 N–H and O–H groups in total. The SMILES string of the molecule is CCCNC(COc1ccccc1)c1c(C)ccnc1N. The molecule has 1 heterocycles. The summed E-state index contributed by atoms with van der Waals surface area (Å²) in [7, 11) is 0. The molecule has 0 aliphatic rings. The number of nitrogen functional groups attached to an aromatic ring is 1. The Labute approximate surface area is 126 Å². The predicted molar refractivity (Wildman–Crippen MR) is 86.4 cm³/mol. The molecule has 0 radical (unpaired) electrons. The number of hydrogen-bond donors (Lipinski definition) is 2. The normalized spacial score (nSPS) is 12.1. The molecular formula is C17H23N3O. The van der Waals surface area contributed by atoms with E-state index in [1.54, 1.807) is 6.20 Å². The van der Waals surface area contributed by atoms with E-state index in [0.717, 1.165) is 29.8 Å². The highest BCUT2D eigenvalue weighted by atomic mass is 16.5. The van der Waals surface area contributed by atoms with Gasteiger partial charge in [-0.3, -0.25) is 0 Å². The number of nitrogens with two attached hydrogens (primary N) is 1. The van der Waals surface area contributed by atoms with E-state index in [9.17, 15) is 0 Å². The van der Waals surface area contributed by atoms with Gasteiger partial charge in [0.25, 0.3) is 0 Å².